The molecular formula is C37H51NO8. The van der Waals surface area contributed by atoms with Crippen LogP contribution in [-0.2, 0) is 38.8 Å². The Morgan fingerprint density at radius 1 is 0.522 bits per heavy atom. The molecule has 0 aliphatic rings. The summed E-state index contributed by atoms with van der Waals surface area (Å²) < 4.78 is 40.1. The lowest BCUT2D eigenvalue weighted by Gasteiger charge is -2.36. The highest BCUT2D eigenvalue weighted by Crippen LogP contribution is 2.40. The van der Waals surface area contributed by atoms with Crippen molar-refractivity contribution in [1.82, 2.24) is 4.90 Å². The van der Waals surface area contributed by atoms with Crippen molar-refractivity contribution in [2.75, 3.05) is 86.3 Å². The summed E-state index contributed by atoms with van der Waals surface area (Å²) in [5.41, 5.74) is 1.93. The van der Waals surface area contributed by atoms with E-state index in [4.69, 9.17) is 33.2 Å². The molecule has 3 rings (SSSR count). The van der Waals surface area contributed by atoms with Gasteiger partial charge in [-0.05, 0) is 37.5 Å². The molecule has 46 heavy (non-hydrogen) atoms. The molecule has 0 aromatic heterocycles. The van der Waals surface area contributed by atoms with Gasteiger partial charge in [-0.3, -0.25) is 0 Å². The van der Waals surface area contributed by atoms with E-state index >= 15 is 0 Å². The zero-order chi connectivity index (χ0) is 32.9. The van der Waals surface area contributed by atoms with Crippen molar-refractivity contribution < 1.29 is 38.0 Å². The Balaban J connectivity index is 1.23. The van der Waals surface area contributed by atoms with E-state index < -0.39 is 11.2 Å². The number of hydrogen-bond donors (Lipinski definition) is 0. The Bertz CT molecular complexity index is 1110. The van der Waals surface area contributed by atoms with Gasteiger partial charge < -0.3 is 38.1 Å². The van der Waals surface area contributed by atoms with Gasteiger partial charge in [0.2, 0.25) is 0 Å². The first kappa shape index (κ1) is 37.2. The van der Waals surface area contributed by atoms with E-state index in [0.29, 0.717) is 79.2 Å². The molecule has 9 heteroatoms. The van der Waals surface area contributed by atoms with Crippen molar-refractivity contribution >= 4 is 6.09 Å². The van der Waals surface area contributed by atoms with Crippen LogP contribution in [-0.4, -0.2) is 103 Å². The highest BCUT2D eigenvalue weighted by molar-refractivity contribution is 5.67. The summed E-state index contributed by atoms with van der Waals surface area (Å²) in [6.07, 6.45) is -0.362. The summed E-state index contributed by atoms with van der Waals surface area (Å²) >= 11 is 0. The zero-order valence-electron chi connectivity index (χ0n) is 27.9. The molecule has 0 radical (unpaired) electrons. The number of ether oxygens (including phenoxy) is 7. The Morgan fingerprint density at radius 3 is 1.20 bits per heavy atom. The van der Waals surface area contributed by atoms with Crippen LogP contribution < -0.4 is 0 Å². The molecule has 3 aromatic rings. The quantitative estimate of drug-likeness (QED) is 0.0988. The van der Waals surface area contributed by atoms with Crippen LogP contribution in [0.2, 0.25) is 0 Å². The normalized spacial score (nSPS) is 11.8. The monoisotopic (exact) mass is 637 g/mol. The lowest BCUT2D eigenvalue weighted by atomic mass is 9.80. The second kappa shape index (κ2) is 20.7. The highest BCUT2D eigenvalue weighted by atomic mass is 16.6. The van der Waals surface area contributed by atoms with Gasteiger partial charge in [0.15, 0.2) is 0 Å². The number of carbonyl (C=O) groups is 1. The van der Waals surface area contributed by atoms with Gasteiger partial charge in [-0.15, -0.1) is 0 Å². The van der Waals surface area contributed by atoms with Crippen LogP contribution in [0.25, 0.3) is 0 Å². The predicted molar refractivity (Wildman–Crippen MR) is 178 cm³/mol. The molecular weight excluding hydrogens is 586 g/mol. The zero-order valence-corrected chi connectivity index (χ0v) is 27.9. The van der Waals surface area contributed by atoms with Gasteiger partial charge >= 0.3 is 6.09 Å². The molecule has 0 bridgehead atoms. The molecule has 0 heterocycles. The first-order valence-electron chi connectivity index (χ1n) is 16.0. The molecule has 0 aliphatic heterocycles. The average Bonchev–Trinajstić information content (AvgIpc) is 3.06. The van der Waals surface area contributed by atoms with Gasteiger partial charge in [0.1, 0.15) is 11.2 Å². The lowest BCUT2D eigenvalue weighted by Crippen LogP contribution is -2.36. The Morgan fingerprint density at radius 2 is 0.848 bits per heavy atom. The van der Waals surface area contributed by atoms with Crippen LogP contribution in [0.5, 0.6) is 0 Å². The second-order valence-corrected chi connectivity index (χ2v) is 11.6. The van der Waals surface area contributed by atoms with Crippen LogP contribution in [0.4, 0.5) is 4.79 Å². The van der Waals surface area contributed by atoms with Crippen LogP contribution in [0, 0.1) is 0 Å². The molecule has 3 aromatic carbocycles. The molecule has 0 saturated heterocycles. The topological polar surface area (TPSA) is 84.9 Å². The van der Waals surface area contributed by atoms with E-state index in [2.05, 4.69) is 36.4 Å². The molecule has 0 N–H and O–H groups in total. The maximum Gasteiger partial charge on any atom is 0.410 e. The largest absolute Gasteiger partial charge is 0.444 e. The van der Waals surface area contributed by atoms with Crippen LogP contribution in [0.15, 0.2) is 91.0 Å². The number of likely N-dealkylation sites (N-methyl/N-ethyl adjacent to an activating group) is 1. The fraction of sp³-hybridized carbons (Fsp3) is 0.486. The minimum Gasteiger partial charge on any atom is -0.444 e. The van der Waals surface area contributed by atoms with E-state index in [1.807, 2.05) is 75.4 Å². The SMILES string of the molecule is CN(CCOCCOCCOCCOCCOCCOC(c1ccccc1)(c1ccccc1)c1ccccc1)C(=O)OC(C)(C)C. The Labute approximate surface area is 274 Å². The van der Waals surface area contributed by atoms with Crippen molar-refractivity contribution in [3.63, 3.8) is 0 Å². The van der Waals surface area contributed by atoms with Crippen molar-refractivity contribution in [3.8, 4) is 0 Å². The van der Waals surface area contributed by atoms with E-state index in [1.54, 1.807) is 7.05 Å². The molecule has 1 amide bonds. The summed E-state index contributed by atoms with van der Waals surface area (Å²) in [5, 5.41) is 0. The molecule has 0 aliphatic carbocycles. The van der Waals surface area contributed by atoms with Gasteiger partial charge in [-0.1, -0.05) is 91.0 Å². The maximum absolute atomic E-state index is 11.9. The number of nitrogens with zero attached hydrogens (tertiary/aromatic N) is 1. The summed E-state index contributed by atoms with van der Waals surface area (Å²) in [6.45, 7) is 11.0. The molecule has 9 nitrogen and oxygen atoms in total. The third-order valence-electron chi connectivity index (χ3n) is 6.85. The average molecular weight is 638 g/mol. The molecule has 0 unspecified atom stereocenters. The maximum atomic E-state index is 11.9. The molecule has 0 fully saturated rings. The number of carbonyl (C=O) groups excluding carboxylic acids is 1. The molecule has 252 valence electrons. The first-order chi connectivity index (χ1) is 22.3. The Kier molecular flexibility index (Phi) is 16.8. The summed E-state index contributed by atoms with van der Waals surface area (Å²) in [5.74, 6) is 0. The number of benzene rings is 3. The van der Waals surface area contributed by atoms with Crippen LogP contribution in [0.1, 0.15) is 37.5 Å². The van der Waals surface area contributed by atoms with Crippen molar-refractivity contribution in [1.29, 1.82) is 0 Å². The van der Waals surface area contributed by atoms with Crippen molar-refractivity contribution in [3.05, 3.63) is 108 Å². The predicted octanol–water partition coefficient (Wildman–Crippen LogP) is 5.95. The van der Waals surface area contributed by atoms with E-state index in [0.717, 1.165) is 16.7 Å². The second-order valence-electron chi connectivity index (χ2n) is 11.6. The summed E-state index contributed by atoms with van der Waals surface area (Å²) in [7, 11) is 1.69. The first-order valence-corrected chi connectivity index (χ1v) is 16.0. The van der Waals surface area contributed by atoms with E-state index in [-0.39, 0.29) is 6.09 Å². The minimum atomic E-state index is -0.752. The molecule has 0 saturated carbocycles. The summed E-state index contributed by atoms with van der Waals surface area (Å²) in [4.78, 5) is 13.4. The number of amides is 1. The van der Waals surface area contributed by atoms with Gasteiger partial charge in [0, 0.05) is 13.6 Å². The smallest absolute Gasteiger partial charge is 0.410 e. The van der Waals surface area contributed by atoms with Gasteiger partial charge in [-0.2, -0.15) is 0 Å². The summed E-state index contributed by atoms with van der Waals surface area (Å²) in [6, 6.07) is 30.9. The molecule has 0 atom stereocenters. The molecule has 0 spiro atoms. The standard InChI is InChI=1S/C37H51NO8/c1-36(2,3)46-35(39)38(4)20-21-40-22-23-41-24-25-42-26-27-43-28-29-44-30-31-45-37(32-14-8-5-9-15-32,33-16-10-6-11-17-33)34-18-12-7-13-19-34/h5-19H,20-31H2,1-4H3. The van der Waals surface area contributed by atoms with Crippen LogP contribution in [0.3, 0.4) is 0 Å². The van der Waals surface area contributed by atoms with Gasteiger partial charge in [0.25, 0.3) is 0 Å². The Hall–Kier alpha value is -3.31. The van der Waals surface area contributed by atoms with Gasteiger partial charge in [-0.25, -0.2) is 4.79 Å². The third-order valence-corrected chi connectivity index (χ3v) is 6.85. The minimum absolute atomic E-state index is 0.362. The third kappa shape index (κ3) is 13.2. The van der Waals surface area contributed by atoms with Gasteiger partial charge in [0.05, 0.1) is 72.7 Å². The fourth-order valence-electron chi connectivity index (χ4n) is 4.64. The van der Waals surface area contributed by atoms with Crippen molar-refractivity contribution in [2.45, 2.75) is 32.0 Å². The van der Waals surface area contributed by atoms with E-state index in [1.165, 1.54) is 4.90 Å². The lowest BCUT2D eigenvalue weighted by molar-refractivity contribution is -0.0392. The highest BCUT2D eigenvalue weighted by Gasteiger charge is 2.37. The van der Waals surface area contributed by atoms with Crippen LogP contribution >= 0.6 is 0 Å². The van der Waals surface area contributed by atoms with Crippen molar-refractivity contribution in [2.24, 2.45) is 0 Å². The fourth-order valence-corrected chi connectivity index (χ4v) is 4.64. The number of rotatable bonds is 22. The number of hydrogen-bond acceptors (Lipinski definition) is 8. The van der Waals surface area contributed by atoms with E-state index in [9.17, 15) is 4.79 Å².